The van der Waals surface area contributed by atoms with Crippen molar-refractivity contribution in [3.05, 3.63) is 96.2 Å². The Morgan fingerprint density at radius 3 is 2.50 bits per heavy atom. The van der Waals surface area contributed by atoms with E-state index >= 15 is 0 Å². The zero-order valence-corrected chi connectivity index (χ0v) is 18.7. The first-order valence-electron chi connectivity index (χ1n) is 11.0. The summed E-state index contributed by atoms with van der Waals surface area (Å²) in [5.74, 6) is 0.672. The summed E-state index contributed by atoms with van der Waals surface area (Å²) in [7, 11) is 0. The molecule has 1 aliphatic heterocycles. The second-order valence-corrected chi connectivity index (χ2v) is 8.10. The molecule has 0 radical (unpaired) electrons. The van der Waals surface area contributed by atoms with Crippen molar-refractivity contribution in [2.24, 2.45) is 0 Å². The van der Waals surface area contributed by atoms with Gasteiger partial charge < -0.3 is 19.8 Å². The zero-order chi connectivity index (χ0) is 23.5. The molecule has 1 aliphatic rings. The fourth-order valence-corrected chi connectivity index (χ4v) is 3.73. The smallest absolute Gasteiger partial charge is 0.223 e. The highest BCUT2D eigenvalue weighted by molar-refractivity contribution is 5.77. The number of hydrogen-bond donors (Lipinski definition) is 2. The first-order chi connectivity index (χ1) is 16.6. The number of anilines is 1. The summed E-state index contributed by atoms with van der Waals surface area (Å²) in [5.41, 5.74) is 4.64. The Labute approximate surface area is 196 Å². The lowest BCUT2D eigenvalue weighted by molar-refractivity contribution is -0.165. The van der Waals surface area contributed by atoms with Crippen molar-refractivity contribution < 1.29 is 13.9 Å². The molecule has 4 aromatic rings. The highest BCUT2D eigenvalue weighted by Crippen LogP contribution is 2.33. The monoisotopic (exact) mass is 457 g/mol. The summed E-state index contributed by atoms with van der Waals surface area (Å²) in [4.78, 5) is 17.1. The fraction of sp³-hybridized carbons (Fsp3) is 0.192. The molecule has 1 unspecified atom stereocenters. The molecule has 172 valence electrons. The first kappa shape index (κ1) is 21.9. The second-order valence-electron chi connectivity index (χ2n) is 8.10. The van der Waals surface area contributed by atoms with E-state index in [9.17, 15) is 4.39 Å². The molecule has 2 aromatic carbocycles. The Hall–Kier alpha value is -3.88. The Balaban J connectivity index is 1.50. The van der Waals surface area contributed by atoms with Gasteiger partial charge in [-0.05, 0) is 48.4 Å². The van der Waals surface area contributed by atoms with E-state index in [4.69, 9.17) is 19.4 Å². The number of aromatic amines is 1. The molecule has 0 amide bonds. The van der Waals surface area contributed by atoms with E-state index in [1.165, 1.54) is 12.1 Å². The van der Waals surface area contributed by atoms with Gasteiger partial charge in [0.05, 0.1) is 36.3 Å². The number of nitrogens with zero attached hydrogens (tertiary/aromatic N) is 3. The van der Waals surface area contributed by atoms with Gasteiger partial charge in [0.1, 0.15) is 5.82 Å². The van der Waals surface area contributed by atoms with E-state index in [1.54, 1.807) is 24.4 Å². The number of H-pyrrole nitrogens is 1. The molecular formula is C26H24FN5O2. The van der Waals surface area contributed by atoms with Crippen LogP contribution in [-0.2, 0) is 9.47 Å². The van der Waals surface area contributed by atoms with Gasteiger partial charge in [-0.2, -0.15) is 0 Å². The zero-order valence-electron chi connectivity index (χ0n) is 18.7. The van der Waals surface area contributed by atoms with E-state index in [2.05, 4.69) is 28.8 Å². The molecule has 0 spiro atoms. The van der Waals surface area contributed by atoms with E-state index < -0.39 is 6.29 Å². The van der Waals surface area contributed by atoms with Crippen LogP contribution in [0.3, 0.4) is 0 Å². The van der Waals surface area contributed by atoms with Crippen molar-refractivity contribution >= 4 is 5.95 Å². The third-order valence-electron chi connectivity index (χ3n) is 5.50. The van der Waals surface area contributed by atoms with Crippen LogP contribution in [0.15, 0.2) is 79.0 Å². The van der Waals surface area contributed by atoms with Crippen LogP contribution in [0, 0.1) is 5.82 Å². The molecular weight excluding hydrogens is 433 g/mol. The number of hydrogen-bond acceptors (Lipinski definition) is 6. The van der Waals surface area contributed by atoms with E-state index in [0.29, 0.717) is 42.1 Å². The topological polar surface area (TPSA) is 85.0 Å². The minimum absolute atomic E-state index is 0.0162. The average molecular weight is 458 g/mol. The van der Waals surface area contributed by atoms with Gasteiger partial charge in [-0.15, -0.1) is 0 Å². The van der Waals surface area contributed by atoms with Gasteiger partial charge in [-0.25, -0.2) is 19.3 Å². The number of benzene rings is 2. The Morgan fingerprint density at radius 2 is 1.76 bits per heavy atom. The molecule has 1 atom stereocenters. The lowest BCUT2D eigenvalue weighted by Gasteiger charge is -2.22. The van der Waals surface area contributed by atoms with Crippen LogP contribution in [0.4, 0.5) is 10.3 Å². The largest absolute Gasteiger partial charge is 0.348 e. The molecule has 0 bridgehead atoms. The first-order valence-corrected chi connectivity index (χ1v) is 11.0. The molecule has 3 heterocycles. The van der Waals surface area contributed by atoms with Crippen molar-refractivity contribution in [3.8, 4) is 22.6 Å². The van der Waals surface area contributed by atoms with Crippen molar-refractivity contribution in [2.45, 2.75) is 19.3 Å². The third-order valence-corrected chi connectivity index (χ3v) is 5.50. The SMILES string of the molecule is C=C1COC(c2nc(-c3ccc(F)cc3)c(-c3ccnc(NC(C)c4ccccc4)n3)[nH]2)OC1. The molecule has 2 aromatic heterocycles. The van der Waals surface area contributed by atoms with Crippen LogP contribution in [0.25, 0.3) is 22.6 Å². The number of imidazole rings is 1. The van der Waals surface area contributed by atoms with Crippen molar-refractivity contribution in [1.29, 1.82) is 0 Å². The average Bonchev–Trinajstić information content (AvgIpc) is 3.31. The summed E-state index contributed by atoms with van der Waals surface area (Å²) in [6.07, 6.45) is 1.03. The van der Waals surface area contributed by atoms with Crippen LogP contribution in [0.2, 0.25) is 0 Å². The molecule has 5 rings (SSSR count). The predicted octanol–water partition coefficient (Wildman–Crippen LogP) is 5.45. The summed E-state index contributed by atoms with van der Waals surface area (Å²) >= 11 is 0. The van der Waals surface area contributed by atoms with Crippen molar-refractivity contribution in [3.63, 3.8) is 0 Å². The van der Waals surface area contributed by atoms with E-state index in [1.807, 2.05) is 30.3 Å². The van der Waals surface area contributed by atoms with Gasteiger partial charge in [0.15, 0.2) is 5.82 Å². The van der Waals surface area contributed by atoms with Gasteiger partial charge in [0, 0.05) is 11.8 Å². The molecule has 34 heavy (non-hydrogen) atoms. The summed E-state index contributed by atoms with van der Waals surface area (Å²) in [5, 5.41) is 3.34. The number of ether oxygens (including phenoxy) is 2. The van der Waals surface area contributed by atoms with Gasteiger partial charge in [0.2, 0.25) is 12.2 Å². The standard InChI is InChI=1S/C26H24FN5O2/c1-16-14-33-25(34-15-16)24-31-22(19-8-10-20(27)11-9-19)23(32-24)21-12-13-28-26(30-21)29-17(2)18-6-4-3-5-7-18/h3-13,17,25H,1,14-15H2,2H3,(H,31,32)(H,28,29,30). The summed E-state index contributed by atoms with van der Waals surface area (Å²) in [6.45, 7) is 6.72. The quantitative estimate of drug-likeness (QED) is 0.375. The molecule has 2 N–H and O–H groups in total. The minimum atomic E-state index is -0.656. The number of halogens is 1. The molecule has 1 saturated heterocycles. The number of rotatable bonds is 6. The van der Waals surface area contributed by atoms with Crippen molar-refractivity contribution in [2.75, 3.05) is 18.5 Å². The maximum Gasteiger partial charge on any atom is 0.223 e. The van der Waals surface area contributed by atoms with Gasteiger partial charge >= 0.3 is 0 Å². The Bertz CT molecular complexity index is 1280. The molecule has 7 nitrogen and oxygen atoms in total. The van der Waals surface area contributed by atoms with Crippen LogP contribution < -0.4 is 5.32 Å². The highest BCUT2D eigenvalue weighted by atomic mass is 19.1. The Kier molecular flexibility index (Phi) is 6.16. The normalized spacial score (nSPS) is 15.3. The van der Waals surface area contributed by atoms with Crippen LogP contribution in [0.1, 0.15) is 30.6 Å². The van der Waals surface area contributed by atoms with Crippen LogP contribution in [0.5, 0.6) is 0 Å². The minimum Gasteiger partial charge on any atom is -0.348 e. The van der Waals surface area contributed by atoms with Gasteiger partial charge in [-0.1, -0.05) is 36.9 Å². The van der Waals surface area contributed by atoms with Crippen molar-refractivity contribution in [1.82, 2.24) is 19.9 Å². The maximum absolute atomic E-state index is 13.6. The third kappa shape index (κ3) is 4.73. The van der Waals surface area contributed by atoms with E-state index in [0.717, 1.165) is 16.7 Å². The molecule has 1 fully saturated rings. The molecule has 8 heteroatoms. The van der Waals surface area contributed by atoms with E-state index in [-0.39, 0.29) is 11.9 Å². The number of aromatic nitrogens is 4. The second kappa shape index (κ2) is 9.54. The molecule has 0 aliphatic carbocycles. The fourth-order valence-electron chi connectivity index (χ4n) is 3.73. The summed E-state index contributed by atoms with van der Waals surface area (Å²) in [6, 6.07) is 18.1. The number of nitrogens with one attached hydrogen (secondary N) is 2. The van der Waals surface area contributed by atoms with Crippen LogP contribution >= 0.6 is 0 Å². The lowest BCUT2D eigenvalue weighted by Crippen LogP contribution is -2.20. The Morgan fingerprint density at radius 1 is 1.03 bits per heavy atom. The van der Waals surface area contributed by atoms with Gasteiger partial charge in [0.25, 0.3) is 0 Å². The van der Waals surface area contributed by atoms with Gasteiger partial charge in [-0.3, -0.25) is 0 Å². The van der Waals surface area contributed by atoms with Crippen LogP contribution in [-0.4, -0.2) is 33.1 Å². The highest BCUT2D eigenvalue weighted by Gasteiger charge is 2.25. The lowest BCUT2D eigenvalue weighted by atomic mass is 10.1. The predicted molar refractivity (Wildman–Crippen MR) is 127 cm³/mol. The molecule has 0 saturated carbocycles. The maximum atomic E-state index is 13.6. The summed E-state index contributed by atoms with van der Waals surface area (Å²) < 4.78 is 25.0.